The molecule has 8 heteroatoms. The number of anilines is 1. The van der Waals surface area contributed by atoms with Gasteiger partial charge in [0.15, 0.2) is 0 Å². The number of carbonyl (C=O) groups is 1. The van der Waals surface area contributed by atoms with Gasteiger partial charge < -0.3 is 4.52 Å². The summed E-state index contributed by atoms with van der Waals surface area (Å²) < 4.78 is 9.10. The smallest absolute Gasteiger partial charge is 0.231 e. The van der Waals surface area contributed by atoms with E-state index in [1.165, 1.54) is 0 Å². The molecule has 6 rings (SSSR count). The lowest BCUT2D eigenvalue weighted by Crippen LogP contribution is -2.13. The number of carbonyl (C=O) groups excluding carboxylic acids is 1. The number of nitrogens with zero attached hydrogens (tertiary/aromatic N) is 5. The number of hydrogen-bond donors (Lipinski definition) is 1. The second-order valence-corrected chi connectivity index (χ2v) is 8.55. The third kappa shape index (κ3) is 4.27. The summed E-state index contributed by atoms with van der Waals surface area (Å²) in [7, 11) is 1.90. The van der Waals surface area contributed by atoms with Crippen LogP contribution in [0.25, 0.3) is 39.1 Å². The molecule has 0 aliphatic heterocycles. The molecule has 0 saturated heterocycles. The number of aryl methyl sites for hydroxylation is 1. The van der Waals surface area contributed by atoms with Crippen molar-refractivity contribution in [3.05, 3.63) is 103 Å². The molecule has 1 N–H and O–H groups in total. The summed E-state index contributed by atoms with van der Waals surface area (Å²) in [4.78, 5) is 17.1. The minimum Gasteiger partial charge on any atom is -0.338 e. The lowest BCUT2D eigenvalue weighted by atomic mass is 10.1. The van der Waals surface area contributed by atoms with Crippen molar-refractivity contribution in [2.24, 2.45) is 7.05 Å². The predicted molar refractivity (Wildman–Crippen MR) is 138 cm³/mol. The van der Waals surface area contributed by atoms with Crippen molar-refractivity contribution in [1.82, 2.24) is 24.5 Å². The normalized spacial score (nSPS) is 11.1. The van der Waals surface area contributed by atoms with Gasteiger partial charge in [-0.05, 0) is 35.4 Å². The molecular weight excluding hydrogens is 452 g/mol. The van der Waals surface area contributed by atoms with E-state index in [0.717, 1.165) is 39.0 Å². The molecule has 8 nitrogen and oxygen atoms in total. The third-order valence-electron chi connectivity index (χ3n) is 6.01. The molecule has 36 heavy (non-hydrogen) atoms. The van der Waals surface area contributed by atoms with E-state index in [2.05, 4.69) is 38.8 Å². The van der Waals surface area contributed by atoms with Crippen LogP contribution in [-0.4, -0.2) is 30.4 Å². The minimum atomic E-state index is -0.172. The number of aromatic nitrogens is 5. The van der Waals surface area contributed by atoms with E-state index in [9.17, 15) is 4.79 Å². The highest BCUT2D eigenvalue weighted by atomic mass is 16.5. The van der Waals surface area contributed by atoms with Crippen LogP contribution >= 0.6 is 0 Å². The first kappa shape index (κ1) is 21.5. The molecule has 0 spiro atoms. The molecule has 3 aromatic heterocycles. The number of imidazole rings is 1. The van der Waals surface area contributed by atoms with E-state index in [0.29, 0.717) is 11.6 Å². The van der Waals surface area contributed by atoms with Gasteiger partial charge in [-0.1, -0.05) is 53.7 Å². The van der Waals surface area contributed by atoms with E-state index in [-0.39, 0.29) is 12.3 Å². The van der Waals surface area contributed by atoms with Crippen molar-refractivity contribution in [3.8, 4) is 28.1 Å². The van der Waals surface area contributed by atoms with E-state index in [4.69, 9.17) is 4.52 Å². The Morgan fingerprint density at radius 1 is 0.944 bits per heavy atom. The number of nitrogens with one attached hydrogen (secondary N) is 1. The lowest BCUT2D eigenvalue weighted by molar-refractivity contribution is -0.115. The first-order chi connectivity index (χ1) is 17.6. The molecule has 1 amide bonds. The molecule has 0 radical (unpaired) electrons. The molecule has 0 aliphatic carbocycles. The molecule has 0 bridgehead atoms. The zero-order valence-corrected chi connectivity index (χ0v) is 19.5. The number of amides is 1. The largest absolute Gasteiger partial charge is 0.338 e. The van der Waals surface area contributed by atoms with Crippen molar-refractivity contribution in [3.63, 3.8) is 0 Å². The Bertz CT molecular complexity index is 1660. The molecule has 3 heterocycles. The van der Waals surface area contributed by atoms with Gasteiger partial charge in [0.2, 0.25) is 11.8 Å². The Morgan fingerprint density at radius 3 is 2.56 bits per heavy atom. The molecule has 3 aromatic carbocycles. The summed E-state index contributed by atoms with van der Waals surface area (Å²) in [6, 6.07) is 25.5. The summed E-state index contributed by atoms with van der Waals surface area (Å²) in [5, 5.41) is 11.1. The van der Waals surface area contributed by atoms with Crippen LogP contribution in [0.3, 0.4) is 0 Å². The van der Waals surface area contributed by atoms with Gasteiger partial charge >= 0.3 is 0 Å². The highest BCUT2D eigenvalue weighted by molar-refractivity contribution is 5.91. The summed E-state index contributed by atoms with van der Waals surface area (Å²) in [6.45, 7) is 0. The van der Waals surface area contributed by atoms with Crippen LogP contribution in [0.4, 0.5) is 5.88 Å². The Labute approximate surface area is 206 Å². The Morgan fingerprint density at radius 2 is 1.78 bits per heavy atom. The van der Waals surface area contributed by atoms with E-state index in [1.807, 2.05) is 84.9 Å². The van der Waals surface area contributed by atoms with E-state index in [1.54, 1.807) is 10.7 Å². The van der Waals surface area contributed by atoms with Crippen LogP contribution in [-0.2, 0) is 18.3 Å². The Hall–Kier alpha value is -4.98. The van der Waals surface area contributed by atoms with Crippen LogP contribution in [0.15, 0.2) is 102 Å². The van der Waals surface area contributed by atoms with Crippen molar-refractivity contribution >= 4 is 22.8 Å². The van der Waals surface area contributed by atoms with Crippen molar-refractivity contribution < 1.29 is 9.32 Å². The zero-order chi connectivity index (χ0) is 24.5. The van der Waals surface area contributed by atoms with Gasteiger partial charge in [-0.15, -0.1) is 0 Å². The number of hydrogen-bond acceptors (Lipinski definition) is 5. The van der Waals surface area contributed by atoms with Crippen LogP contribution < -0.4 is 5.32 Å². The molecule has 6 aromatic rings. The fourth-order valence-electron chi connectivity index (χ4n) is 4.19. The predicted octanol–water partition coefficient (Wildman–Crippen LogP) is 5.26. The summed E-state index contributed by atoms with van der Waals surface area (Å²) in [5.74, 6) is 0.153. The van der Waals surface area contributed by atoms with E-state index < -0.39 is 0 Å². The van der Waals surface area contributed by atoms with Gasteiger partial charge in [0.1, 0.15) is 12.0 Å². The van der Waals surface area contributed by atoms with Gasteiger partial charge in [-0.2, -0.15) is 5.10 Å². The van der Waals surface area contributed by atoms with Crippen molar-refractivity contribution in [2.45, 2.75) is 6.42 Å². The molecule has 0 unspecified atom stereocenters. The lowest BCUT2D eigenvalue weighted by Gasteiger charge is -2.07. The van der Waals surface area contributed by atoms with Gasteiger partial charge in [0.05, 0.1) is 23.7 Å². The maximum atomic E-state index is 12.5. The maximum Gasteiger partial charge on any atom is 0.231 e. The Balaban J connectivity index is 1.14. The first-order valence-electron chi connectivity index (χ1n) is 11.5. The SMILES string of the molecule is Cn1cc(-c2ccc3c(c2)ncn3-c2ccc(CC(=O)Nc3cc(-c4ccccc4)no3)cc2)cn1. The second-order valence-electron chi connectivity index (χ2n) is 8.55. The van der Waals surface area contributed by atoms with Crippen LogP contribution in [0.5, 0.6) is 0 Å². The average Bonchev–Trinajstić information content (AvgIpc) is 3.65. The first-order valence-corrected chi connectivity index (χ1v) is 11.5. The number of benzene rings is 3. The summed E-state index contributed by atoms with van der Waals surface area (Å²) >= 11 is 0. The maximum absolute atomic E-state index is 12.5. The van der Waals surface area contributed by atoms with Crippen molar-refractivity contribution in [1.29, 1.82) is 0 Å². The van der Waals surface area contributed by atoms with Crippen molar-refractivity contribution in [2.75, 3.05) is 5.32 Å². The van der Waals surface area contributed by atoms with Crippen LogP contribution in [0.2, 0.25) is 0 Å². The molecule has 176 valence electrons. The van der Waals surface area contributed by atoms with E-state index >= 15 is 0 Å². The number of fused-ring (bicyclic) bond motifs is 1. The fourth-order valence-corrected chi connectivity index (χ4v) is 4.19. The topological polar surface area (TPSA) is 90.8 Å². The van der Waals surface area contributed by atoms with Gasteiger partial charge in [-0.3, -0.25) is 19.4 Å². The van der Waals surface area contributed by atoms with Gasteiger partial charge in [-0.25, -0.2) is 4.98 Å². The van der Waals surface area contributed by atoms with Crippen LogP contribution in [0.1, 0.15) is 5.56 Å². The highest BCUT2D eigenvalue weighted by Gasteiger charge is 2.12. The highest BCUT2D eigenvalue weighted by Crippen LogP contribution is 2.26. The Kier molecular flexibility index (Phi) is 5.38. The molecule has 0 fully saturated rings. The minimum absolute atomic E-state index is 0.172. The quantitative estimate of drug-likeness (QED) is 0.355. The standard InChI is InChI=1S/C28H22N6O2/c1-33-17-22(16-30-33)21-9-12-26-25(14-21)29-18-34(26)23-10-7-19(8-11-23)13-27(35)31-28-15-24(32-36-28)20-5-3-2-4-6-20/h2-12,14-18H,13H2,1H3,(H,31,35). The summed E-state index contributed by atoms with van der Waals surface area (Å²) in [5.41, 5.74) is 7.51. The fraction of sp³-hybridized carbons (Fsp3) is 0.0714. The molecule has 0 saturated carbocycles. The molecule has 0 aliphatic rings. The second kappa shape index (κ2) is 8.99. The van der Waals surface area contributed by atoms with Crippen LogP contribution in [0, 0.1) is 0 Å². The molecular formula is C28H22N6O2. The zero-order valence-electron chi connectivity index (χ0n) is 19.5. The summed E-state index contributed by atoms with van der Waals surface area (Å²) in [6.07, 6.45) is 5.86. The van der Waals surface area contributed by atoms with Gasteiger partial charge in [0.25, 0.3) is 0 Å². The number of rotatable bonds is 6. The third-order valence-corrected chi connectivity index (χ3v) is 6.01. The average molecular weight is 475 g/mol. The van der Waals surface area contributed by atoms with Gasteiger partial charge in [0, 0.05) is 36.1 Å². The monoisotopic (exact) mass is 474 g/mol. The molecule has 0 atom stereocenters.